The van der Waals surface area contributed by atoms with E-state index >= 15 is 0 Å². The Bertz CT molecular complexity index is 1180. The summed E-state index contributed by atoms with van der Waals surface area (Å²) in [5.74, 6) is 0.301. The Kier molecular flexibility index (Phi) is 3.96. The number of amides is 1. The van der Waals surface area contributed by atoms with Gasteiger partial charge in [-0.25, -0.2) is 0 Å². The molecular weight excluding hydrogens is 388 g/mol. The van der Waals surface area contributed by atoms with Crippen molar-refractivity contribution >= 4 is 23.2 Å². The van der Waals surface area contributed by atoms with Gasteiger partial charge in [0.05, 0.1) is 22.6 Å². The smallest absolute Gasteiger partial charge is 0.263 e. The van der Waals surface area contributed by atoms with Gasteiger partial charge in [-0.3, -0.25) is 19.2 Å². The van der Waals surface area contributed by atoms with Crippen molar-refractivity contribution in [2.24, 2.45) is 14.1 Å². The fourth-order valence-electron chi connectivity index (χ4n) is 4.30. The third kappa shape index (κ3) is 2.74. The lowest BCUT2D eigenvalue weighted by atomic mass is 10.0. The van der Waals surface area contributed by atoms with Gasteiger partial charge in [-0.15, -0.1) is 0 Å². The van der Waals surface area contributed by atoms with E-state index in [0.717, 1.165) is 29.8 Å². The number of pyridine rings is 1. The molecule has 0 unspecified atom stereocenters. The number of benzene rings is 1. The van der Waals surface area contributed by atoms with E-state index in [1.165, 1.54) is 4.57 Å². The molecule has 3 heterocycles. The topological polar surface area (TPSA) is 60.1 Å². The molecule has 0 spiro atoms. The molecule has 1 amide bonds. The highest BCUT2D eigenvalue weighted by atomic mass is 35.5. The molecule has 1 aromatic carbocycles. The molecule has 0 saturated heterocycles. The van der Waals surface area contributed by atoms with Crippen molar-refractivity contribution in [1.82, 2.24) is 14.3 Å². The number of carbonyl (C=O) groups is 1. The molecule has 29 heavy (non-hydrogen) atoms. The predicted molar refractivity (Wildman–Crippen MR) is 112 cm³/mol. The summed E-state index contributed by atoms with van der Waals surface area (Å²) in [6, 6.07) is 9.03. The first-order chi connectivity index (χ1) is 13.9. The molecule has 5 rings (SSSR count). The first-order valence-electron chi connectivity index (χ1n) is 9.70. The Labute approximate surface area is 173 Å². The quantitative estimate of drug-likeness (QED) is 0.663. The first kappa shape index (κ1) is 18.2. The summed E-state index contributed by atoms with van der Waals surface area (Å²) < 4.78 is 3.37. The standard InChI is InChI=1S/C22H21ClN4O2/c1-12-10-16(11-25(2)21(12)28)27-19(14-6-8-15(23)9-7-14)20-17(22(27)29)18(13-4-5-13)24-26(20)3/h6-11,13,19H,4-5H2,1-3H3/t19-/m1/s1. The third-order valence-corrected chi connectivity index (χ3v) is 6.10. The maximum Gasteiger partial charge on any atom is 0.263 e. The minimum absolute atomic E-state index is 0.0620. The number of hydrogen-bond acceptors (Lipinski definition) is 3. The van der Waals surface area contributed by atoms with E-state index in [4.69, 9.17) is 16.7 Å². The second kappa shape index (κ2) is 6.32. The molecule has 2 aliphatic rings. The highest BCUT2D eigenvalue weighted by molar-refractivity contribution is 6.30. The van der Waals surface area contributed by atoms with Crippen molar-refractivity contribution in [2.45, 2.75) is 31.7 Å². The molecule has 0 N–H and O–H groups in total. The molecule has 0 bridgehead atoms. The van der Waals surface area contributed by atoms with Crippen LogP contribution in [-0.2, 0) is 14.1 Å². The van der Waals surface area contributed by atoms with Crippen LogP contribution in [0.25, 0.3) is 0 Å². The lowest BCUT2D eigenvalue weighted by Crippen LogP contribution is -2.32. The fraction of sp³-hybridized carbons (Fsp3) is 0.318. The minimum atomic E-state index is -0.323. The van der Waals surface area contributed by atoms with Gasteiger partial charge in [0.1, 0.15) is 6.04 Å². The number of aromatic nitrogens is 3. The Hall–Kier alpha value is -2.86. The monoisotopic (exact) mass is 408 g/mol. The summed E-state index contributed by atoms with van der Waals surface area (Å²) in [6.45, 7) is 1.77. The molecule has 7 heteroatoms. The number of rotatable bonds is 3. The fourth-order valence-corrected chi connectivity index (χ4v) is 4.43. The summed E-state index contributed by atoms with van der Waals surface area (Å²) >= 11 is 6.11. The number of halogens is 1. The van der Waals surface area contributed by atoms with Crippen molar-refractivity contribution in [1.29, 1.82) is 0 Å². The van der Waals surface area contributed by atoms with E-state index in [0.29, 0.717) is 27.8 Å². The molecule has 1 atom stereocenters. The Morgan fingerprint density at radius 2 is 1.79 bits per heavy atom. The van der Waals surface area contributed by atoms with Gasteiger partial charge in [-0.2, -0.15) is 5.10 Å². The summed E-state index contributed by atoms with van der Waals surface area (Å²) in [5.41, 5.74) is 4.69. The highest BCUT2D eigenvalue weighted by Gasteiger charge is 2.46. The van der Waals surface area contributed by atoms with Crippen LogP contribution >= 0.6 is 11.6 Å². The highest BCUT2D eigenvalue weighted by Crippen LogP contribution is 2.48. The van der Waals surface area contributed by atoms with Crippen LogP contribution < -0.4 is 10.5 Å². The summed E-state index contributed by atoms with van der Waals surface area (Å²) in [7, 11) is 3.61. The van der Waals surface area contributed by atoms with Gasteiger partial charge in [0.25, 0.3) is 11.5 Å². The van der Waals surface area contributed by atoms with Crippen LogP contribution in [0.5, 0.6) is 0 Å². The zero-order valence-corrected chi connectivity index (χ0v) is 17.3. The van der Waals surface area contributed by atoms with Crippen LogP contribution in [0.2, 0.25) is 5.02 Å². The van der Waals surface area contributed by atoms with Crippen molar-refractivity contribution in [3.63, 3.8) is 0 Å². The number of carbonyl (C=O) groups excluding carboxylic acids is 1. The summed E-state index contributed by atoms with van der Waals surface area (Å²) in [6.07, 6.45) is 3.87. The van der Waals surface area contributed by atoms with Gasteiger partial charge < -0.3 is 4.57 Å². The number of hydrogen-bond donors (Lipinski definition) is 0. The van der Waals surface area contributed by atoms with Gasteiger partial charge in [-0.1, -0.05) is 23.7 Å². The van der Waals surface area contributed by atoms with Crippen molar-refractivity contribution < 1.29 is 4.79 Å². The SMILES string of the molecule is Cc1cc(N2C(=O)c3c(C4CC4)nn(C)c3[C@H]2c2ccc(Cl)cc2)cn(C)c1=O. The molecule has 1 aliphatic heterocycles. The zero-order valence-electron chi connectivity index (χ0n) is 16.5. The van der Waals surface area contributed by atoms with Gasteiger partial charge in [-0.05, 0) is 43.5 Å². The normalized spacial score (nSPS) is 18.4. The van der Waals surface area contributed by atoms with Crippen molar-refractivity contribution in [3.8, 4) is 0 Å². The van der Waals surface area contributed by atoms with E-state index in [1.54, 1.807) is 31.1 Å². The van der Waals surface area contributed by atoms with E-state index in [2.05, 4.69) is 0 Å². The summed E-state index contributed by atoms with van der Waals surface area (Å²) in [5, 5.41) is 5.35. The van der Waals surface area contributed by atoms with E-state index in [-0.39, 0.29) is 17.5 Å². The lowest BCUT2D eigenvalue weighted by Gasteiger charge is -2.27. The average Bonchev–Trinajstić information content (AvgIpc) is 3.41. The molecule has 3 aromatic rings. The number of anilines is 1. The van der Waals surface area contributed by atoms with Crippen LogP contribution in [0, 0.1) is 6.92 Å². The summed E-state index contributed by atoms with van der Waals surface area (Å²) in [4.78, 5) is 27.7. The molecule has 148 valence electrons. The zero-order chi connectivity index (χ0) is 20.4. The van der Waals surface area contributed by atoms with Crippen molar-refractivity contribution in [2.75, 3.05) is 4.90 Å². The van der Waals surface area contributed by atoms with Gasteiger partial charge >= 0.3 is 0 Å². The molecular formula is C22H21ClN4O2. The van der Waals surface area contributed by atoms with Gasteiger partial charge in [0.15, 0.2) is 0 Å². The molecule has 1 saturated carbocycles. The van der Waals surface area contributed by atoms with Crippen LogP contribution in [0.15, 0.2) is 41.3 Å². The van der Waals surface area contributed by atoms with E-state index < -0.39 is 0 Å². The van der Waals surface area contributed by atoms with Crippen LogP contribution in [0.3, 0.4) is 0 Å². The second-order valence-electron chi connectivity index (χ2n) is 7.97. The number of fused-ring (bicyclic) bond motifs is 1. The van der Waals surface area contributed by atoms with Crippen LogP contribution in [0.1, 0.15) is 57.7 Å². The number of aryl methyl sites for hydroxylation is 3. The van der Waals surface area contributed by atoms with Gasteiger partial charge in [0, 0.05) is 36.8 Å². The average molecular weight is 409 g/mol. The Balaban J connectivity index is 1.75. The maximum atomic E-state index is 13.7. The Morgan fingerprint density at radius 3 is 2.41 bits per heavy atom. The van der Waals surface area contributed by atoms with Crippen LogP contribution in [-0.4, -0.2) is 20.3 Å². The predicted octanol–water partition coefficient (Wildman–Crippen LogP) is 3.71. The molecule has 1 fully saturated rings. The van der Waals surface area contributed by atoms with Crippen LogP contribution in [0.4, 0.5) is 5.69 Å². The number of nitrogens with zero attached hydrogens (tertiary/aromatic N) is 4. The lowest BCUT2D eigenvalue weighted by molar-refractivity contribution is 0.0992. The minimum Gasteiger partial charge on any atom is -0.316 e. The molecule has 0 radical (unpaired) electrons. The first-order valence-corrected chi connectivity index (χ1v) is 10.1. The second-order valence-corrected chi connectivity index (χ2v) is 8.41. The Morgan fingerprint density at radius 1 is 1.10 bits per heavy atom. The third-order valence-electron chi connectivity index (χ3n) is 5.84. The van der Waals surface area contributed by atoms with E-state index in [1.807, 2.05) is 36.0 Å². The van der Waals surface area contributed by atoms with E-state index in [9.17, 15) is 9.59 Å². The largest absolute Gasteiger partial charge is 0.316 e. The molecule has 6 nitrogen and oxygen atoms in total. The maximum absolute atomic E-state index is 13.7. The van der Waals surface area contributed by atoms with Crippen molar-refractivity contribution in [3.05, 3.63) is 80.0 Å². The molecule has 2 aromatic heterocycles. The molecule has 1 aliphatic carbocycles. The van der Waals surface area contributed by atoms with Gasteiger partial charge in [0.2, 0.25) is 0 Å².